The number of ether oxygens (including phenoxy) is 1. The Kier molecular flexibility index (Phi) is 6.23. The molecule has 0 aromatic rings. The van der Waals surface area contributed by atoms with Crippen LogP contribution < -0.4 is 0 Å². The minimum atomic E-state index is 0.196. The van der Waals surface area contributed by atoms with E-state index in [1.54, 1.807) is 0 Å². The van der Waals surface area contributed by atoms with Gasteiger partial charge in [0.1, 0.15) is 0 Å². The lowest BCUT2D eigenvalue weighted by Crippen LogP contribution is -2.12. The van der Waals surface area contributed by atoms with Gasteiger partial charge in [-0.1, -0.05) is 79.7 Å². The number of hydrogen-bond donors (Lipinski definition) is 0. The van der Waals surface area contributed by atoms with Gasteiger partial charge < -0.3 is 4.74 Å². The van der Waals surface area contributed by atoms with Crippen LogP contribution in [0.25, 0.3) is 0 Å². The third-order valence-electron chi connectivity index (χ3n) is 7.20. The molecule has 0 saturated heterocycles. The smallest absolute Gasteiger partial charge is 0.163 e. The normalized spacial score (nSPS) is 26.2. The van der Waals surface area contributed by atoms with Crippen molar-refractivity contribution in [2.24, 2.45) is 17.8 Å². The molecule has 0 heterocycles. The lowest BCUT2D eigenvalue weighted by molar-refractivity contribution is -0.115. The summed E-state index contributed by atoms with van der Waals surface area (Å²) in [5, 5.41) is 0. The second-order valence-corrected chi connectivity index (χ2v) is 9.62. The maximum Gasteiger partial charge on any atom is 0.163 e. The SMILES string of the molecule is C=C1C=C(C(=O)CCC2=CC3C=C(COCC4CCCC4)C=CC3=C2)C=C2C=CC=CC12. The minimum absolute atomic E-state index is 0.196. The molecule has 0 aromatic heterocycles. The van der Waals surface area contributed by atoms with Crippen LogP contribution in [0.2, 0.25) is 0 Å². The van der Waals surface area contributed by atoms with Crippen molar-refractivity contribution in [3.63, 3.8) is 0 Å². The van der Waals surface area contributed by atoms with Crippen molar-refractivity contribution >= 4 is 5.78 Å². The van der Waals surface area contributed by atoms with Crippen molar-refractivity contribution in [1.82, 2.24) is 0 Å². The Morgan fingerprint density at radius 1 is 0.969 bits per heavy atom. The predicted molar refractivity (Wildman–Crippen MR) is 131 cm³/mol. The number of hydrogen-bond acceptors (Lipinski definition) is 2. The van der Waals surface area contributed by atoms with Gasteiger partial charge in [0, 0.05) is 30.4 Å². The Bertz CT molecular complexity index is 1040. The van der Waals surface area contributed by atoms with E-state index < -0.39 is 0 Å². The van der Waals surface area contributed by atoms with Crippen LogP contribution in [0.1, 0.15) is 38.5 Å². The first-order chi connectivity index (χ1) is 15.7. The highest BCUT2D eigenvalue weighted by atomic mass is 16.5. The average Bonchev–Trinajstić information content (AvgIpc) is 3.47. The molecule has 0 spiro atoms. The maximum atomic E-state index is 12.9. The van der Waals surface area contributed by atoms with Crippen molar-refractivity contribution < 1.29 is 9.53 Å². The van der Waals surface area contributed by atoms with Crippen molar-refractivity contribution in [2.45, 2.75) is 38.5 Å². The van der Waals surface area contributed by atoms with E-state index in [4.69, 9.17) is 4.74 Å². The summed E-state index contributed by atoms with van der Waals surface area (Å²) >= 11 is 0. The van der Waals surface area contributed by atoms with Crippen LogP contribution in [0.15, 0.2) is 107 Å². The largest absolute Gasteiger partial charge is 0.376 e. The van der Waals surface area contributed by atoms with E-state index in [2.05, 4.69) is 49.1 Å². The number of carbonyl (C=O) groups is 1. The number of allylic oxidation sites excluding steroid dienone is 15. The summed E-state index contributed by atoms with van der Waals surface area (Å²) in [7, 11) is 0. The third kappa shape index (κ3) is 4.71. The van der Waals surface area contributed by atoms with Crippen molar-refractivity contribution in [1.29, 1.82) is 0 Å². The molecule has 5 aliphatic carbocycles. The highest BCUT2D eigenvalue weighted by Gasteiger charge is 2.23. The number of rotatable bonds is 8. The summed E-state index contributed by atoms with van der Waals surface area (Å²) in [6.45, 7) is 5.77. The molecule has 5 rings (SSSR count). The monoisotopic (exact) mass is 424 g/mol. The fourth-order valence-electron chi connectivity index (χ4n) is 5.36. The van der Waals surface area contributed by atoms with E-state index in [1.165, 1.54) is 42.4 Å². The van der Waals surface area contributed by atoms with Gasteiger partial charge in [-0.15, -0.1) is 0 Å². The van der Waals surface area contributed by atoms with E-state index in [-0.39, 0.29) is 11.7 Å². The van der Waals surface area contributed by atoms with Gasteiger partial charge in [0.15, 0.2) is 5.78 Å². The van der Waals surface area contributed by atoms with Gasteiger partial charge in [0.2, 0.25) is 0 Å². The lowest BCUT2D eigenvalue weighted by Gasteiger charge is -2.22. The zero-order valence-electron chi connectivity index (χ0n) is 18.8. The van der Waals surface area contributed by atoms with Gasteiger partial charge in [0.05, 0.1) is 6.61 Å². The zero-order chi connectivity index (χ0) is 21.9. The Morgan fingerprint density at radius 3 is 2.69 bits per heavy atom. The first-order valence-corrected chi connectivity index (χ1v) is 12.0. The molecule has 2 unspecified atom stereocenters. The van der Waals surface area contributed by atoms with Crippen LogP contribution in [0, 0.1) is 17.8 Å². The second-order valence-electron chi connectivity index (χ2n) is 9.62. The number of Topliss-reactive ketones (excluding diaryl/α,β-unsaturated/α-hetero) is 1. The van der Waals surface area contributed by atoms with Gasteiger partial charge in [0.25, 0.3) is 0 Å². The summed E-state index contributed by atoms with van der Waals surface area (Å²) in [5.74, 6) is 1.50. The van der Waals surface area contributed by atoms with E-state index >= 15 is 0 Å². The molecular formula is C30H32O2. The Hall–Kier alpha value is -2.71. The highest BCUT2D eigenvalue weighted by Crippen LogP contribution is 2.35. The highest BCUT2D eigenvalue weighted by molar-refractivity contribution is 5.99. The molecule has 0 aromatic carbocycles. The molecule has 1 fully saturated rings. The minimum Gasteiger partial charge on any atom is -0.376 e. The average molecular weight is 425 g/mol. The maximum absolute atomic E-state index is 12.9. The van der Waals surface area contributed by atoms with Crippen molar-refractivity contribution in [3.8, 4) is 0 Å². The van der Waals surface area contributed by atoms with Crippen LogP contribution in [0.5, 0.6) is 0 Å². The molecule has 0 radical (unpaired) electrons. The molecule has 0 bridgehead atoms. The molecule has 1 saturated carbocycles. The summed E-state index contributed by atoms with van der Waals surface area (Å²) < 4.78 is 5.99. The molecule has 0 N–H and O–H groups in total. The van der Waals surface area contributed by atoms with E-state index in [0.717, 1.165) is 35.7 Å². The number of ketones is 1. The van der Waals surface area contributed by atoms with Crippen LogP contribution in [0.3, 0.4) is 0 Å². The number of fused-ring (bicyclic) bond motifs is 2. The molecular weight excluding hydrogens is 392 g/mol. The van der Waals surface area contributed by atoms with E-state index in [9.17, 15) is 4.79 Å². The van der Waals surface area contributed by atoms with Gasteiger partial charge in [-0.2, -0.15) is 0 Å². The fourth-order valence-corrected chi connectivity index (χ4v) is 5.36. The summed E-state index contributed by atoms with van der Waals surface area (Å²) in [6.07, 6.45) is 30.2. The van der Waals surface area contributed by atoms with Crippen molar-refractivity contribution in [2.75, 3.05) is 13.2 Å². The fraction of sp³-hybridized carbons (Fsp3) is 0.367. The number of carbonyl (C=O) groups excluding carboxylic acids is 1. The first kappa shape index (κ1) is 21.2. The third-order valence-corrected chi connectivity index (χ3v) is 7.20. The Morgan fingerprint density at radius 2 is 1.81 bits per heavy atom. The summed E-state index contributed by atoms with van der Waals surface area (Å²) in [6, 6.07) is 0. The molecule has 2 atom stereocenters. The molecule has 0 aliphatic heterocycles. The summed E-state index contributed by atoms with van der Waals surface area (Å²) in [4.78, 5) is 12.9. The standard InChI is InChI=1S/C30H32O2/c1-21-14-28(18-26-8-4-5-9-29(21)26)30(31)13-11-23-15-25-12-10-24(17-27(25)16-23)20-32-19-22-6-2-3-7-22/h4-5,8-10,12,14-18,22,27,29H,1-3,6-7,11,13,19-20H2. The summed E-state index contributed by atoms with van der Waals surface area (Å²) in [5.41, 5.74) is 6.79. The van der Waals surface area contributed by atoms with Crippen LogP contribution in [0.4, 0.5) is 0 Å². The van der Waals surface area contributed by atoms with Crippen LogP contribution in [-0.4, -0.2) is 19.0 Å². The van der Waals surface area contributed by atoms with Gasteiger partial charge in [-0.3, -0.25) is 4.79 Å². The Labute approximate surface area is 191 Å². The first-order valence-electron chi connectivity index (χ1n) is 12.0. The second kappa shape index (κ2) is 9.42. The molecule has 5 aliphatic rings. The van der Waals surface area contributed by atoms with Crippen LogP contribution >= 0.6 is 0 Å². The quantitative estimate of drug-likeness (QED) is 0.434. The topological polar surface area (TPSA) is 26.3 Å². The zero-order valence-corrected chi connectivity index (χ0v) is 18.8. The predicted octanol–water partition coefficient (Wildman–Crippen LogP) is 6.69. The van der Waals surface area contributed by atoms with E-state index in [1.807, 2.05) is 24.3 Å². The van der Waals surface area contributed by atoms with Crippen molar-refractivity contribution in [3.05, 3.63) is 107 Å². The van der Waals surface area contributed by atoms with Gasteiger partial charge in [-0.25, -0.2) is 0 Å². The molecule has 2 nitrogen and oxygen atoms in total. The molecule has 32 heavy (non-hydrogen) atoms. The Balaban J connectivity index is 1.14. The molecule has 2 heteroatoms. The van der Waals surface area contributed by atoms with Gasteiger partial charge in [-0.05, 0) is 59.6 Å². The van der Waals surface area contributed by atoms with E-state index in [0.29, 0.717) is 18.9 Å². The molecule has 164 valence electrons. The lowest BCUT2D eigenvalue weighted by atomic mass is 9.81. The molecule has 0 amide bonds. The van der Waals surface area contributed by atoms with Crippen LogP contribution in [-0.2, 0) is 9.53 Å². The van der Waals surface area contributed by atoms with Gasteiger partial charge >= 0.3 is 0 Å².